The summed E-state index contributed by atoms with van der Waals surface area (Å²) in [5.41, 5.74) is 1.07. The van der Waals surface area contributed by atoms with E-state index in [1.54, 1.807) is 12.1 Å². The van der Waals surface area contributed by atoms with Crippen LogP contribution in [0.2, 0.25) is 0 Å². The van der Waals surface area contributed by atoms with Crippen LogP contribution in [0.25, 0.3) is 0 Å². The van der Waals surface area contributed by atoms with Gasteiger partial charge in [0.1, 0.15) is 5.82 Å². The fourth-order valence-corrected chi connectivity index (χ4v) is 1.49. The average Bonchev–Trinajstić information content (AvgIpc) is 2.27. The first kappa shape index (κ1) is 11.7. The van der Waals surface area contributed by atoms with E-state index in [-0.39, 0.29) is 17.9 Å². The summed E-state index contributed by atoms with van der Waals surface area (Å²) < 4.78 is 12.7. The maximum atomic E-state index is 12.7. The van der Waals surface area contributed by atoms with Gasteiger partial charge in [-0.15, -0.1) is 6.42 Å². The van der Waals surface area contributed by atoms with Crippen LogP contribution < -0.4 is 5.32 Å². The molecule has 1 aromatic carbocycles. The lowest BCUT2D eigenvalue weighted by molar-refractivity contribution is 0.496. The number of benzene rings is 1. The molecule has 0 amide bonds. The van der Waals surface area contributed by atoms with Crippen molar-refractivity contribution in [2.45, 2.75) is 32.4 Å². The van der Waals surface area contributed by atoms with Gasteiger partial charge in [-0.2, -0.15) is 0 Å². The third kappa shape index (κ3) is 3.38. The molecule has 0 radical (unpaired) electrons. The van der Waals surface area contributed by atoms with Gasteiger partial charge in [-0.05, 0) is 31.0 Å². The molecule has 0 heterocycles. The third-order valence-corrected chi connectivity index (χ3v) is 2.38. The number of terminal acetylenes is 1. The van der Waals surface area contributed by atoms with Crippen molar-refractivity contribution in [3.63, 3.8) is 0 Å². The summed E-state index contributed by atoms with van der Waals surface area (Å²) in [6, 6.07) is 6.75. The van der Waals surface area contributed by atoms with Gasteiger partial charge in [0.25, 0.3) is 0 Å². The Labute approximate surface area is 90.7 Å². The van der Waals surface area contributed by atoms with Gasteiger partial charge in [0.15, 0.2) is 0 Å². The van der Waals surface area contributed by atoms with Gasteiger partial charge in [-0.1, -0.05) is 25.0 Å². The van der Waals surface area contributed by atoms with Crippen molar-refractivity contribution < 1.29 is 4.39 Å². The summed E-state index contributed by atoms with van der Waals surface area (Å²) in [5, 5.41) is 3.29. The van der Waals surface area contributed by atoms with Crippen LogP contribution >= 0.6 is 0 Å². The number of hydrogen-bond acceptors (Lipinski definition) is 1. The molecule has 1 rings (SSSR count). The summed E-state index contributed by atoms with van der Waals surface area (Å²) >= 11 is 0. The van der Waals surface area contributed by atoms with Crippen molar-refractivity contribution in [3.05, 3.63) is 35.6 Å². The van der Waals surface area contributed by atoms with E-state index in [4.69, 9.17) is 6.42 Å². The van der Waals surface area contributed by atoms with Gasteiger partial charge in [0.05, 0.1) is 6.04 Å². The highest BCUT2D eigenvalue weighted by Crippen LogP contribution is 2.17. The van der Waals surface area contributed by atoms with Gasteiger partial charge in [0, 0.05) is 6.04 Å². The van der Waals surface area contributed by atoms with Crippen molar-refractivity contribution in [2.75, 3.05) is 0 Å². The standard InChI is InChI=1S/C13H16FN/c1-4-10(3)15-13(5-2)11-6-8-12(14)9-7-11/h1,6-10,13,15H,5H2,2-3H3. The monoisotopic (exact) mass is 205 g/mol. The summed E-state index contributed by atoms with van der Waals surface area (Å²) in [7, 11) is 0. The Morgan fingerprint density at radius 1 is 1.40 bits per heavy atom. The lowest BCUT2D eigenvalue weighted by Crippen LogP contribution is -2.28. The van der Waals surface area contributed by atoms with E-state index in [9.17, 15) is 4.39 Å². The molecule has 0 bridgehead atoms. The molecule has 0 spiro atoms. The minimum atomic E-state index is -0.210. The Morgan fingerprint density at radius 3 is 2.47 bits per heavy atom. The summed E-state index contributed by atoms with van der Waals surface area (Å²) in [6.45, 7) is 4.01. The van der Waals surface area contributed by atoms with Crippen molar-refractivity contribution in [1.29, 1.82) is 0 Å². The molecule has 0 fully saturated rings. The molecule has 80 valence electrons. The first-order valence-corrected chi connectivity index (χ1v) is 5.15. The van der Waals surface area contributed by atoms with E-state index in [1.165, 1.54) is 12.1 Å². The van der Waals surface area contributed by atoms with Crippen LogP contribution in [0.3, 0.4) is 0 Å². The van der Waals surface area contributed by atoms with Crippen LogP contribution in [0.4, 0.5) is 4.39 Å². The van der Waals surface area contributed by atoms with E-state index in [1.807, 2.05) is 6.92 Å². The van der Waals surface area contributed by atoms with Crippen LogP contribution in [0, 0.1) is 18.2 Å². The highest BCUT2D eigenvalue weighted by Gasteiger charge is 2.10. The molecular formula is C13H16FN. The zero-order valence-electron chi connectivity index (χ0n) is 9.13. The number of rotatable bonds is 4. The van der Waals surface area contributed by atoms with Crippen molar-refractivity contribution >= 4 is 0 Å². The predicted octanol–water partition coefficient (Wildman–Crippen LogP) is 2.89. The first-order valence-electron chi connectivity index (χ1n) is 5.15. The van der Waals surface area contributed by atoms with E-state index in [2.05, 4.69) is 18.2 Å². The number of hydrogen-bond donors (Lipinski definition) is 1. The van der Waals surface area contributed by atoms with E-state index < -0.39 is 0 Å². The Hall–Kier alpha value is -1.33. The summed E-state index contributed by atoms with van der Waals surface area (Å²) in [6.07, 6.45) is 6.23. The van der Waals surface area contributed by atoms with E-state index in [0.29, 0.717) is 0 Å². The lowest BCUT2D eigenvalue weighted by Gasteiger charge is -2.19. The first-order chi connectivity index (χ1) is 7.17. The second kappa shape index (κ2) is 5.53. The highest BCUT2D eigenvalue weighted by atomic mass is 19.1. The molecule has 0 aliphatic carbocycles. The molecule has 0 aliphatic heterocycles. The minimum absolute atomic E-state index is 0.0278. The summed E-state index contributed by atoms with van der Waals surface area (Å²) in [4.78, 5) is 0. The van der Waals surface area contributed by atoms with Crippen molar-refractivity contribution in [2.24, 2.45) is 0 Å². The topological polar surface area (TPSA) is 12.0 Å². The number of nitrogens with one attached hydrogen (secondary N) is 1. The Balaban J connectivity index is 2.75. The highest BCUT2D eigenvalue weighted by molar-refractivity contribution is 5.20. The Bertz CT molecular complexity index is 337. The SMILES string of the molecule is C#CC(C)NC(CC)c1ccc(F)cc1. The molecule has 0 saturated carbocycles. The van der Waals surface area contributed by atoms with Crippen LogP contribution in [0.1, 0.15) is 31.9 Å². The smallest absolute Gasteiger partial charge is 0.123 e. The fraction of sp³-hybridized carbons (Fsp3) is 0.385. The average molecular weight is 205 g/mol. The minimum Gasteiger partial charge on any atom is -0.297 e. The quantitative estimate of drug-likeness (QED) is 0.745. The largest absolute Gasteiger partial charge is 0.297 e. The molecule has 1 nitrogen and oxygen atoms in total. The van der Waals surface area contributed by atoms with Gasteiger partial charge < -0.3 is 0 Å². The zero-order chi connectivity index (χ0) is 11.3. The molecule has 2 atom stereocenters. The molecule has 0 aliphatic rings. The second-order valence-electron chi connectivity index (χ2n) is 3.57. The molecule has 1 aromatic rings. The van der Waals surface area contributed by atoms with Crippen LogP contribution in [0.15, 0.2) is 24.3 Å². The van der Waals surface area contributed by atoms with Crippen molar-refractivity contribution in [3.8, 4) is 12.3 Å². The lowest BCUT2D eigenvalue weighted by atomic mass is 10.0. The van der Waals surface area contributed by atoms with Gasteiger partial charge in [-0.3, -0.25) is 5.32 Å². The van der Waals surface area contributed by atoms with Gasteiger partial charge in [0.2, 0.25) is 0 Å². The molecule has 0 saturated heterocycles. The van der Waals surface area contributed by atoms with Crippen molar-refractivity contribution in [1.82, 2.24) is 5.32 Å². The molecular weight excluding hydrogens is 189 g/mol. The number of halogens is 1. The zero-order valence-corrected chi connectivity index (χ0v) is 9.13. The predicted molar refractivity (Wildman–Crippen MR) is 60.9 cm³/mol. The Morgan fingerprint density at radius 2 is 2.00 bits per heavy atom. The van der Waals surface area contributed by atoms with Gasteiger partial charge in [-0.25, -0.2) is 4.39 Å². The van der Waals surface area contributed by atoms with Crippen LogP contribution in [-0.2, 0) is 0 Å². The van der Waals surface area contributed by atoms with E-state index >= 15 is 0 Å². The summed E-state index contributed by atoms with van der Waals surface area (Å²) in [5.74, 6) is 2.42. The maximum Gasteiger partial charge on any atom is 0.123 e. The molecule has 1 N–H and O–H groups in total. The second-order valence-corrected chi connectivity index (χ2v) is 3.57. The third-order valence-electron chi connectivity index (χ3n) is 2.38. The maximum absolute atomic E-state index is 12.7. The molecule has 0 aromatic heterocycles. The van der Waals surface area contributed by atoms with Crippen LogP contribution in [0.5, 0.6) is 0 Å². The van der Waals surface area contributed by atoms with Gasteiger partial charge >= 0.3 is 0 Å². The fourth-order valence-electron chi connectivity index (χ4n) is 1.49. The van der Waals surface area contributed by atoms with E-state index in [0.717, 1.165) is 12.0 Å². The normalized spacial score (nSPS) is 14.3. The Kier molecular flexibility index (Phi) is 4.33. The van der Waals surface area contributed by atoms with Crippen LogP contribution in [-0.4, -0.2) is 6.04 Å². The molecule has 15 heavy (non-hydrogen) atoms. The molecule has 2 unspecified atom stereocenters. The molecule has 2 heteroatoms.